The molecule has 1 aliphatic carbocycles. The largest absolute Gasteiger partial charge is 0.380 e. The van der Waals surface area contributed by atoms with E-state index in [1.165, 1.54) is 6.20 Å². The third-order valence-electron chi connectivity index (χ3n) is 2.99. The number of hydrogen-bond acceptors (Lipinski definition) is 3. The van der Waals surface area contributed by atoms with Gasteiger partial charge in [-0.15, -0.1) is 0 Å². The zero-order chi connectivity index (χ0) is 14.3. The molecule has 0 saturated heterocycles. The maximum absolute atomic E-state index is 13.7. The molecule has 0 aliphatic heterocycles. The maximum atomic E-state index is 13.7. The van der Waals surface area contributed by atoms with Crippen LogP contribution in [0.3, 0.4) is 0 Å². The Balaban J connectivity index is 2.05. The lowest BCUT2D eigenvalue weighted by Gasteiger charge is -2.10. The van der Waals surface area contributed by atoms with Crippen molar-refractivity contribution in [3.8, 4) is 5.69 Å². The minimum atomic E-state index is -0.876. The molecule has 0 unspecified atom stereocenters. The third-order valence-corrected chi connectivity index (χ3v) is 3.36. The van der Waals surface area contributed by atoms with E-state index in [0.717, 1.165) is 29.7 Å². The molecular weight excluding hydrogens is 288 g/mol. The van der Waals surface area contributed by atoms with E-state index in [9.17, 15) is 13.6 Å². The Morgan fingerprint density at radius 2 is 2.10 bits per heavy atom. The number of anilines is 1. The summed E-state index contributed by atoms with van der Waals surface area (Å²) in [5.74, 6) is -1.60. The highest BCUT2D eigenvalue weighted by Crippen LogP contribution is 2.27. The smallest absolute Gasteiger partial charge is 0.292 e. The average Bonchev–Trinajstić information content (AvgIpc) is 3.21. The van der Waals surface area contributed by atoms with Crippen molar-refractivity contribution >= 4 is 17.3 Å². The molecule has 0 bridgehead atoms. The molecule has 0 spiro atoms. The minimum absolute atomic E-state index is 0.0596. The van der Waals surface area contributed by atoms with Crippen LogP contribution in [0.5, 0.6) is 0 Å². The van der Waals surface area contributed by atoms with Gasteiger partial charge in [0.15, 0.2) is 5.82 Å². The van der Waals surface area contributed by atoms with E-state index in [4.69, 9.17) is 11.6 Å². The fraction of sp³-hybridized carbons (Fsp3) is 0.231. The lowest BCUT2D eigenvalue weighted by Crippen LogP contribution is -2.24. The standard InChI is InChI=1S/C13H10ClF2N3O/c14-12-10(18-8-2-3-8)6-17-19(13(12)20)11-4-1-7(15)5-9(11)16/h1,4-6,8,18H,2-3H2. The van der Waals surface area contributed by atoms with Crippen LogP contribution < -0.4 is 10.9 Å². The number of aromatic nitrogens is 2. The van der Waals surface area contributed by atoms with Crippen LogP contribution in [-0.4, -0.2) is 15.8 Å². The Morgan fingerprint density at radius 1 is 1.35 bits per heavy atom. The topological polar surface area (TPSA) is 46.9 Å². The second-order valence-electron chi connectivity index (χ2n) is 4.60. The van der Waals surface area contributed by atoms with E-state index < -0.39 is 17.2 Å². The Bertz CT molecular complexity index is 728. The molecular formula is C13H10ClF2N3O. The third kappa shape index (κ3) is 2.38. The Labute approximate surface area is 118 Å². The summed E-state index contributed by atoms with van der Waals surface area (Å²) in [6.07, 6.45) is 3.41. The van der Waals surface area contributed by atoms with Crippen molar-refractivity contribution < 1.29 is 8.78 Å². The van der Waals surface area contributed by atoms with E-state index >= 15 is 0 Å². The summed E-state index contributed by atoms with van der Waals surface area (Å²) < 4.78 is 27.4. The average molecular weight is 298 g/mol. The Hall–Kier alpha value is -1.95. The molecule has 1 saturated carbocycles. The van der Waals surface area contributed by atoms with Crippen LogP contribution in [-0.2, 0) is 0 Å². The molecule has 1 heterocycles. The first-order valence-corrected chi connectivity index (χ1v) is 6.44. The molecule has 104 valence electrons. The summed E-state index contributed by atoms with van der Waals surface area (Å²) >= 11 is 5.97. The lowest BCUT2D eigenvalue weighted by atomic mass is 10.3. The fourth-order valence-electron chi connectivity index (χ4n) is 1.81. The number of hydrogen-bond donors (Lipinski definition) is 1. The summed E-state index contributed by atoms with van der Waals surface area (Å²) in [7, 11) is 0. The van der Waals surface area contributed by atoms with Crippen LogP contribution in [0.15, 0.2) is 29.2 Å². The van der Waals surface area contributed by atoms with Gasteiger partial charge in [-0.25, -0.2) is 8.78 Å². The minimum Gasteiger partial charge on any atom is -0.380 e. The van der Waals surface area contributed by atoms with E-state index in [0.29, 0.717) is 17.8 Å². The highest BCUT2D eigenvalue weighted by Gasteiger charge is 2.23. The highest BCUT2D eigenvalue weighted by molar-refractivity contribution is 6.33. The van der Waals surface area contributed by atoms with Gasteiger partial charge < -0.3 is 5.32 Å². The fourth-order valence-corrected chi connectivity index (χ4v) is 1.99. The molecule has 3 rings (SSSR count). The van der Waals surface area contributed by atoms with Crippen LogP contribution in [0.2, 0.25) is 5.02 Å². The SMILES string of the molecule is O=c1c(Cl)c(NC2CC2)cnn1-c1ccc(F)cc1F. The van der Waals surface area contributed by atoms with E-state index in [1.807, 2.05) is 0 Å². The molecule has 1 aromatic carbocycles. The van der Waals surface area contributed by atoms with Crippen molar-refractivity contribution in [1.29, 1.82) is 0 Å². The predicted molar refractivity (Wildman–Crippen MR) is 71.4 cm³/mol. The molecule has 2 aromatic rings. The molecule has 1 N–H and O–H groups in total. The van der Waals surface area contributed by atoms with Gasteiger partial charge in [-0.05, 0) is 25.0 Å². The van der Waals surface area contributed by atoms with Crippen molar-refractivity contribution in [2.45, 2.75) is 18.9 Å². The Morgan fingerprint density at radius 3 is 2.75 bits per heavy atom. The summed E-state index contributed by atoms with van der Waals surface area (Å²) in [6, 6.07) is 3.19. The summed E-state index contributed by atoms with van der Waals surface area (Å²) in [6.45, 7) is 0. The second kappa shape index (κ2) is 4.86. The summed E-state index contributed by atoms with van der Waals surface area (Å²) in [5, 5.41) is 6.88. The second-order valence-corrected chi connectivity index (χ2v) is 4.98. The Kier molecular flexibility index (Phi) is 3.17. The summed E-state index contributed by atoms with van der Waals surface area (Å²) in [5.41, 5.74) is -0.364. The normalized spacial score (nSPS) is 14.3. The molecule has 0 amide bonds. The lowest BCUT2D eigenvalue weighted by molar-refractivity contribution is 0.570. The number of halogens is 3. The maximum Gasteiger partial charge on any atom is 0.292 e. The molecule has 0 atom stereocenters. The van der Waals surface area contributed by atoms with Crippen molar-refractivity contribution in [3.05, 3.63) is 51.4 Å². The van der Waals surface area contributed by atoms with Gasteiger partial charge in [0, 0.05) is 12.1 Å². The van der Waals surface area contributed by atoms with Gasteiger partial charge in [0.25, 0.3) is 5.56 Å². The molecule has 4 nitrogen and oxygen atoms in total. The van der Waals surface area contributed by atoms with Crippen molar-refractivity contribution in [1.82, 2.24) is 9.78 Å². The number of benzene rings is 1. The highest BCUT2D eigenvalue weighted by atomic mass is 35.5. The number of nitrogens with zero attached hydrogens (tertiary/aromatic N) is 2. The molecule has 1 aliphatic rings. The monoisotopic (exact) mass is 297 g/mol. The molecule has 1 fully saturated rings. The van der Waals surface area contributed by atoms with Gasteiger partial charge >= 0.3 is 0 Å². The molecule has 0 radical (unpaired) electrons. The first-order chi connectivity index (χ1) is 9.56. The quantitative estimate of drug-likeness (QED) is 0.947. The van der Waals surface area contributed by atoms with Gasteiger partial charge in [0.1, 0.15) is 16.5 Å². The van der Waals surface area contributed by atoms with Crippen LogP contribution in [0.25, 0.3) is 5.69 Å². The zero-order valence-corrected chi connectivity index (χ0v) is 11.0. The first-order valence-electron chi connectivity index (χ1n) is 6.06. The molecule has 20 heavy (non-hydrogen) atoms. The summed E-state index contributed by atoms with van der Waals surface area (Å²) in [4.78, 5) is 12.1. The van der Waals surface area contributed by atoms with Gasteiger partial charge in [-0.3, -0.25) is 4.79 Å². The van der Waals surface area contributed by atoms with Crippen LogP contribution >= 0.6 is 11.6 Å². The van der Waals surface area contributed by atoms with Crippen LogP contribution in [0, 0.1) is 11.6 Å². The van der Waals surface area contributed by atoms with Gasteiger partial charge in [0.2, 0.25) is 0 Å². The van der Waals surface area contributed by atoms with E-state index in [-0.39, 0.29) is 10.7 Å². The van der Waals surface area contributed by atoms with Crippen molar-refractivity contribution in [3.63, 3.8) is 0 Å². The van der Waals surface area contributed by atoms with Gasteiger partial charge in [-0.1, -0.05) is 11.6 Å². The number of nitrogens with one attached hydrogen (secondary N) is 1. The van der Waals surface area contributed by atoms with Crippen LogP contribution in [0.1, 0.15) is 12.8 Å². The molecule has 1 aromatic heterocycles. The van der Waals surface area contributed by atoms with Gasteiger partial charge in [-0.2, -0.15) is 9.78 Å². The van der Waals surface area contributed by atoms with Crippen molar-refractivity contribution in [2.24, 2.45) is 0 Å². The molecule has 7 heteroatoms. The van der Waals surface area contributed by atoms with E-state index in [1.54, 1.807) is 0 Å². The van der Waals surface area contributed by atoms with Crippen molar-refractivity contribution in [2.75, 3.05) is 5.32 Å². The van der Waals surface area contributed by atoms with Crippen LogP contribution in [0.4, 0.5) is 14.5 Å². The van der Waals surface area contributed by atoms with E-state index in [2.05, 4.69) is 10.4 Å². The van der Waals surface area contributed by atoms with Gasteiger partial charge in [0.05, 0.1) is 11.9 Å². The zero-order valence-electron chi connectivity index (χ0n) is 10.2. The predicted octanol–water partition coefficient (Wildman–Crippen LogP) is 2.74. The first kappa shape index (κ1) is 13.1. The number of rotatable bonds is 3.